The Balaban J connectivity index is 3.00. The number of methoxy groups -OCH3 is 1. The predicted molar refractivity (Wildman–Crippen MR) is 89.0 cm³/mol. The second kappa shape index (κ2) is 6.81. The number of carbonyl (C=O) groups excluding carboxylic acids is 2. The maximum Gasteiger partial charge on any atom is 0.355 e. The van der Waals surface area contributed by atoms with Crippen molar-refractivity contribution in [2.75, 3.05) is 7.11 Å². The van der Waals surface area contributed by atoms with Crippen LogP contribution in [0.25, 0.3) is 0 Å². The summed E-state index contributed by atoms with van der Waals surface area (Å²) in [5.74, 6) is -0.646. The molecule has 1 unspecified atom stereocenters. The number of ether oxygens (including phenoxy) is 2. The quantitative estimate of drug-likeness (QED) is 0.473. The van der Waals surface area contributed by atoms with E-state index in [0.29, 0.717) is 12.1 Å². The number of esters is 2. The fourth-order valence-corrected chi connectivity index (χ4v) is 2.71. The van der Waals surface area contributed by atoms with E-state index in [4.69, 9.17) is 9.47 Å². The third-order valence-corrected chi connectivity index (χ3v) is 3.99. The molecule has 1 aromatic rings. The molecule has 1 rings (SSSR count). The van der Waals surface area contributed by atoms with Gasteiger partial charge in [-0.1, -0.05) is 22.6 Å². The van der Waals surface area contributed by atoms with Crippen LogP contribution in [-0.4, -0.2) is 33.6 Å². The fraction of sp³-hybridized carbons (Fsp3) is 0.600. The second-order valence-electron chi connectivity index (χ2n) is 5.93. The number of H-pyrrole nitrogens is 1. The van der Waals surface area contributed by atoms with E-state index in [9.17, 15) is 9.59 Å². The molecule has 0 fully saturated rings. The SMILES string of the molecule is COC(=O)C(I)Cc1c(C)[nH]c(C(=O)OC(C)(C)C)c1C. The van der Waals surface area contributed by atoms with E-state index >= 15 is 0 Å². The van der Waals surface area contributed by atoms with Gasteiger partial charge < -0.3 is 14.5 Å². The van der Waals surface area contributed by atoms with E-state index in [2.05, 4.69) is 4.98 Å². The molecule has 0 saturated heterocycles. The van der Waals surface area contributed by atoms with Crippen molar-refractivity contribution < 1.29 is 19.1 Å². The minimum atomic E-state index is -0.541. The molecular formula is C15H22INO4. The van der Waals surface area contributed by atoms with Gasteiger partial charge in [-0.2, -0.15) is 0 Å². The van der Waals surface area contributed by atoms with Crippen LogP contribution in [0.4, 0.5) is 0 Å². The molecule has 5 nitrogen and oxygen atoms in total. The van der Waals surface area contributed by atoms with Crippen molar-refractivity contribution in [3.63, 3.8) is 0 Å². The van der Waals surface area contributed by atoms with Crippen LogP contribution in [0.1, 0.15) is 48.1 Å². The first-order chi connectivity index (χ1) is 9.56. The predicted octanol–water partition coefficient (Wildman–Crippen LogP) is 3.11. The van der Waals surface area contributed by atoms with Gasteiger partial charge in [-0.3, -0.25) is 4.79 Å². The topological polar surface area (TPSA) is 68.4 Å². The first-order valence-corrected chi connectivity index (χ1v) is 7.94. The van der Waals surface area contributed by atoms with Crippen LogP contribution in [0.2, 0.25) is 0 Å². The average molecular weight is 407 g/mol. The van der Waals surface area contributed by atoms with Crippen LogP contribution in [0.15, 0.2) is 0 Å². The Morgan fingerprint density at radius 1 is 1.29 bits per heavy atom. The molecular weight excluding hydrogens is 385 g/mol. The van der Waals surface area contributed by atoms with Crippen molar-refractivity contribution in [1.82, 2.24) is 4.98 Å². The number of aromatic nitrogens is 1. The van der Waals surface area contributed by atoms with Gasteiger partial charge in [0.05, 0.1) is 7.11 Å². The Labute approximate surface area is 138 Å². The van der Waals surface area contributed by atoms with E-state index < -0.39 is 5.60 Å². The Morgan fingerprint density at radius 3 is 2.33 bits per heavy atom. The summed E-state index contributed by atoms with van der Waals surface area (Å²) in [5.41, 5.74) is 2.57. The van der Waals surface area contributed by atoms with E-state index in [1.165, 1.54) is 7.11 Å². The number of carbonyl (C=O) groups is 2. The Hall–Kier alpha value is -1.05. The van der Waals surface area contributed by atoms with Crippen LogP contribution >= 0.6 is 22.6 Å². The maximum atomic E-state index is 12.2. The fourth-order valence-electron chi connectivity index (χ4n) is 2.02. The monoisotopic (exact) mass is 407 g/mol. The van der Waals surface area contributed by atoms with Crippen molar-refractivity contribution in [1.29, 1.82) is 0 Å². The molecule has 0 aliphatic heterocycles. The number of rotatable bonds is 4. The molecule has 1 aromatic heterocycles. The lowest BCUT2D eigenvalue weighted by molar-refractivity contribution is -0.139. The minimum absolute atomic E-state index is 0.269. The van der Waals surface area contributed by atoms with Crippen molar-refractivity contribution >= 4 is 34.5 Å². The van der Waals surface area contributed by atoms with E-state index in [-0.39, 0.29) is 15.9 Å². The van der Waals surface area contributed by atoms with Gasteiger partial charge in [0.15, 0.2) is 0 Å². The van der Waals surface area contributed by atoms with Gasteiger partial charge in [-0.15, -0.1) is 0 Å². The molecule has 0 amide bonds. The lowest BCUT2D eigenvalue weighted by atomic mass is 10.0. The summed E-state index contributed by atoms with van der Waals surface area (Å²) in [6.07, 6.45) is 0.518. The van der Waals surface area contributed by atoms with Gasteiger partial charge in [0.1, 0.15) is 15.2 Å². The zero-order chi connectivity index (χ0) is 16.4. The molecule has 1 heterocycles. The number of alkyl halides is 1. The zero-order valence-electron chi connectivity index (χ0n) is 13.3. The highest BCUT2D eigenvalue weighted by Gasteiger charge is 2.25. The minimum Gasteiger partial charge on any atom is -0.468 e. The van der Waals surface area contributed by atoms with E-state index in [1.807, 2.05) is 57.2 Å². The van der Waals surface area contributed by atoms with Gasteiger partial charge in [0.25, 0.3) is 0 Å². The van der Waals surface area contributed by atoms with Crippen molar-refractivity contribution in [3.05, 3.63) is 22.5 Å². The molecule has 0 aromatic carbocycles. The molecule has 1 atom stereocenters. The summed E-state index contributed by atoms with van der Waals surface area (Å²) in [7, 11) is 1.37. The highest BCUT2D eigenvalue weighted by Crippen LogP contribution is 2.24. The molecule has 0 aliphatic rings. The molecule has 118 valence electrons. The Bertz CT molecular complexity index is 543. The summed E-state index contributed by atoms with van der Waals surface area (Å²) in [6.45, 7) is 9.23. The number of halogens is 1. The molecule has 21 heavy (non-hydrogen) atoms. The third-order valence-electron chi connectivity index (χ3n) is 3.04. The van der Waals surface area contributed by atoms with E-state index in [0.717, 1.165) is 16.8 Å². The van der Waals surface area contributed by atoms with Gasteiger partial charge in [-0.25, -0.2) is 4.79 Å². The molecule has 0 bridgehead atoms. The van der Waals surface area contributed by atoms with Crippen LogP contribution < -0.4 is 0 Å². The lowest BCUT2D eigenvalue weighted by Crippen LogP contribution is -2.24. The van der Waals surface area contributed by atoms with Crippen molar-refractivity contribution in [2.45, 2.75) is 50.6 Å². The normalized spacial score (nSPS) is 12.9. The first kappa shape index (κ1) is 18.0. The number of hydrogen-bond donors (Lipinski definition) is 1. The van der Waals surface area contributed by atoms with Gasteiger partial charge in [-0.05, 0) is 52.2 Å². The highest BCUT2D eigenvalue weighted by atomic mass is 127. The Kier molecular flexibility index (Phi) is 5.83. The number of hydrogen-bond acceptors (Lipinski definition) is 4. The Morgan fingerprint density at radius 2 is 1.86 bits per heavy atom. The van der Waals surface area contributed by atoms with Crippen LogP contribution in [-0.2, 0) is 20.7 Å². The van der Waals surface area contributed by atoms with Crippen LogP contribution in [0.3, 0.4) is 0 Å². The van der Waals surface area contributed by atoms with Crippen LogP contribution in [0, 0.1) is 13.8 Å². The number of nitrogens with one attached hydrogen (secondary N) is 1. The molecule has 0 radical (unpaired) electrons. The zero-order valence-corrected chi connectivity index (χ0v) is 15.5. The van der Waals surface area contributed by atoms with Crippen molar-refractivity contribution in [3.8, 4) is 0 Å². The largest absolute Gasteiger partial charge is 0.468 e. The average Bonchev–Trinajstić information content (AvgIpc) is 2.63. The molecule has 0 spiro atoms. The molecule has 0 saturated carbocycles. The smallest absolute Gasteiger partial charge is 0.355 e. The van der Waals surface area contributed by atoms with Gasteiger partial charge >= 0.3 is 11.9 Å². The summed E-state index contributed by atoms with van der Waals surface area (Å²) in [6, 6.07) is 0. The number of aromatic amines is 1. The summed E-state index contributed by atoms with van der Waals surface area (Å²) >= 11 is 2.05. The third kappa shape index (κ3) is 4.72. The summed E-state index contributed by atoms with van der Waals surface area (Å²) < 4.78 is 9.83. The standard InChI is InChI=1S/C15H22INO4/c1-8-10(7-11(16)13(18)20-6)9(2)17-12(8)14(19)21-15(3,4)5/h11,17H,7H2,1-6H3. The summed E-state index contributed by atoms with van der Waals surface area (Å²) in [5, 5.41) is 0. The van der Waals surface area contributed by atoms with Gasteiger partial charge in [0.2, 0.25) is 0 Å². The summed E-state index contributed by atoms with van der Waals surface area (Å²) in [4.78, 5) is 26.8. The van der Waals surface area contributed by atoms with E-state index in [1.54, 1.807) is 0 Å². The highest BCUT2D eigenvalue weighted by molar-refractivity contribution is 14.1. The van der Waals surface area contributed by atoms with Gasteiger partial charge in [0, 0.05) is 5.69 Å². The second-order valence-corrected chi connectivity index (χ2v) is 7.43. The number of aryl methyl sites for hydroxylation is 1. The first-order valence-electron chi connectivity index (χ1n) is 6.70. The molecule has 6 heteroatoms. The van der Waals surface area contributed by atoms with Crippen LogP contribution in [0.5, 0.6) is 0 Å². The lowest BCUT2D eigenvalue weighted by Gasteiger charge is -2.19. The van der Waals surface area contributed by atoms with Crippen molar-refractivity contribution in [2.24, 2.45) is 0 Å². The molecule has 0 aliphatic carbocycles. The maximum absolute atomic E-state index is 12.2. The molecule has 1 N–H and O–H groups in total.